The van der Waals surface area contributed by atoms with E-state index in [1.165, 1.54) is 53.9 Å². The molecular formula is C47H68HfN6S-4. The number of aromatic nitrogens is 2. The summed E-state index contributed by atoms with van der Waals surface area (Å²) in [5, 5.41) is 17.6. The SMILES string of the molecule is C=C(C)c1cc(C(C)C)c(C([N-]c2c(C(C)C)cccc2C(C)C)c2nc(-c3c(C)sc4ccccc34)cn2C)c(C(C)C)c1.C[N-]C.C[N-]C.C[N-]C.[Hf]. The summed E-state index contributed by atoms with van der Waals surface area (Å²) in [6.07, 6.45) is 2.21. The average molecular weight is 928 g/mol. The molecule has 0 aliphatic carbocycles. The van der Waals surface area contributed by atoms with Gasteiger partial charge in [0.05, 0.1) is 11.5 Å². The zero-order valence-corrected chi connectivity index (χ0v) is 41.4. The summed E-state index contributed by atoms with van der Waals surface area (Å²) in [7, 11) is 12.6. The molecule has 6 nitrogen and oxygen atoms in total. The first-order valence-electron chi connectivity index (χ1n) is 19.2. The second-order valence-electron chi connectivity index (χ2n) is 15.3. The Morgan fingerprint density at radius 1 is 0.709 bits per heavy atom. The summed E-state index contributed by atoms with van der Waals surface area (Å²) in [6, 6.07) is 19.8. The molecule has 300 valence electrons. The van der Waals surface area contributed by atoms with Crippen molar-refractivity contribution in [3.8, 4) is 11.3 Å². The molecule has 3 aromatic carbocycles. The predicted octanol–water partition coefficient (Wildman–Crippen LogP) is 14.8. The summed E-state index contributed by atoms with van der Waals surface area (Å²) in [4.78, 5) is 6.79. The number of thiophene rings is 1. The number of benzene rings is 3. The largest absolute Gasteiger partial charge is 0.671 e. The normalized spacial score (nSPS) is 11.4. The Hall–Kier alpha value is -2.88. The van der Waals surface area contributed by atoms with Crippen molar-refractivity contribution >= 4 is 32.7 Å². The second kappa shape index (κ2) is 24.0. The molecule has 1 atom stereocenters. The molecule has 0 spiro atoms. The van der Waals surface area contributed by atoms with E-state index in [1.807, 2.05) is 11.3 Å². The Morgan fingerprint density at radius 3 is 1.60 bits per heavy atom. The third kappa shape index (κ3) is 12.8. The van der Waals surface area contributed by atoms with Crippen LogP contribution in [0.15, 0.2) is 67.4 Å². The van der Waals surface area contributed by atoms with Crippen molar-refractivity contribution in [2.45, 2.75) is 99.0 Å². The molecule has 0 saturated heterocycles. The van der Waals surface area contributed by atoms with E-state index in [2.05, 4.69) is 164 Å². The molecule has 0 bridgehead atoms. The van der Waals surface area contributed by atoms with Gasteiger partial charge in [-0.15, -0.1) is 17.0 Å². The van der Waals surface area contributed by atoms with Crippen molar-refractivity contribution in [2.24, 2.45) is 7.05 Å². The number of fused-ring (bicyclic) bond motifs is 1. The molecule has 0 amide bonds. The molecule has 0 N–H and O–H groups in total. The van der Waals surface area contributed by atoms with Crippen LogP contribution in [0.25, 0.3) is 48.2 Å². The van der Waals surface area contributed by atoms with Crippen molar-refractivity contribution in [1.82, 2.24) is 9.55 Å². The van der Waals surface area contributed by atoms with Gasteiger partial charge in [-0.2, -0.15) is 42.3 Å². The van der Waals surface area contributed by atoms with E-state index in [1.54, 1.807) is 42.3 Å². The van der Waals surface area contributed by atoms with Crippen LogP contribution in [0, 0.1) is 6.92 Å². The first kappa shape index (κ1) is 50.1. The van der Waals surface area contributed by atoms with Gasteiger partial charge in [0.2, 0.25) is 0 Å². The van der Waals surface area contributed by atoms with Crippen molar-refractivity contribution in [3.63, 3.8) is 0 Å². The summed E-state index contributed by atoms with van der Waals surface area (Å²) in [6.45, 7) is 27.0. The zero-order chi connectivity index (χ0) is 40.9. The third-order valence-corrected chi connectivity index (χ3v) is 10.1. The van der Waals surface area contributed by atoms with Crippen LogP contribution in [0.5, 0.6) is 0 Å². The number of allylic oxidation sites excluding steroid dienone is 1. The molecule has 8 heteroatoms. The van der Waals surface area contributed by atoms with Gasteiger partial charge in [-0.3, -0.25) is 0 Å². The first-order chi connectivity index (χ1) is 25.5. The fourth-order valence-corrected chi connectivity index (χ4v) is 7.67. The van der Waals surface area contributed by atoms with E-state index >= 15 is 0 Å². The van der Waals surface area contributed by atoms with Gasteiger partial charge in [-0.1, -0.05) is 127 Å². The van der Waals surface area contributed by atoms with Crippen LogP contribution >= 0.6 is 11.3 Å². The van der Waals surface area contributed by atoms with Gasteiger partial charge < -0.3 is 25.8 Å². The molecule has 2 aromatic heterocycles. The average Bonchev–Trinajstić information content (AvgIpc) is 3.65. The maximum Gasteiger partial charge on any atom is 0.0984 e. The van der Waals surface area contributed by atoms with E-state index in [-0.39, 0.29) is 31.9 Å². The Labute approximate surface area is 358 Å². The van der Waals surface area contributed by atoms with Gasteiger partial charge in [0.15, 0.2) is 0 Å². The summed E-state index contributed by atoms with van der Waals surface area (Å²) < 4.78 is 3.52. The minimum atomic E-state index is -0.277. The summed E-state index contributed by atoms with van der Waals surface area (Å²) in [5.41, 5.74) is 12.2. The van der Waals surface area contributed by atoms with Crippen molar-refractivity contribution in [2.75, 3.05) is 42.3 Å². The Kier molecular flexibility index (Phi) is 21.9. The molecule has 0 aliphatic rings. The molecule has 0 fully saturated rings. The van der Waals surface area contributed by atoms with Crippen molar-refractivity contribution < 1.29 is 25.8 Å². The summed E-state index contributed by atoms with van der Waals surface area (Å²) >= 11 is 1.84. The standard InChI is InChI=1S/C41H50N3S.3C2H6N.Hf/c1-23(2)29-20-33(26(7)8)38(34(21-29)27(9)10)40(43-39-30(24(3)4)17-15-18-31(39)25(5)6)41-42-35(22-44(41)12)37-28(11)45-36-19-14-13-16-32(36)37;3*1-3-2;/h13-22,24-27,40H,1H2,2-12H3;3*1-2H3;/q4*-1;. The van der Waals surface area contributed by atoms with Crippen molar-refractivity contribution in [3.05, 3.63) is 133 Å². The Bertz CT molecular complexity index is 1860. The van der Waals surface area contributed by atoms with Crippen molar-refractivity contribution in [1.29, 1.82) is 0 Å². The predicted molar refractivity (Wildman–Crippen MR) is 243 cm³/mol. The van der Waals surface area contributed by atoms with Crippen LogP contribution < -0.4 is 0 Å². The minimum absolute atomic E-state index is 0. The fourth-order valence-electron chi connectivity index (χ4n) is 6.60. The number of aryl methyl sites for hydroxylation is 2. The molecule has 0 aliphatic heterocycles. The van der Waals surface area contributed by atoms with Gasteiger partial charge in [0.25, 0.3) is 0 Å². The van der Waals surface area contributed by atoms with Crippen LogP contribution in [0.2, 0.25) is 0 Å². The van der Waals surface area contributed by atoms with Gasteiger partial charge in [0.1, 0.15) is 0 Å². The number of nitrogens with zero attached hydrogens (tertiary/aromatic N) is 6. The van der Waals surface area contributed by atoms with E-state index in [0.29, 0.717) is 23.7 Å². The van der Waals surface area contributed by atoms with Gasteiger partial charge >= 0.3 is 0 Å². The van der Waals surface area contributed by atoms with Gasteiger partial charge in [0, 0.05) is 59.6 Å². The smallest absolute Gasteiger partial charge is 0.0984 e. The number of rotatable bonds is 10. The van der Waals surface area contributed by atoms with Crippen LogP contribution in [-0.2, 0) is 32.9 Å². The molecule has 0 radical (unpaired) electrons. The molecule has 55 heavy (non-hydrogen) atoms. The number of hydrogen-bond donors (Lipinski definition) is 0. The van der Waals surface area contributed by atoms with Gasteiger partial charge in [-0.25, -0.2) is 4.98 Å². The number of hydrogen-bond acceptors (Lipinski definition) is 2. The molecule has 1 unspecified atom stereocenters. The summed E-state index contributed by atoms with van der Waals surface area (Å²) in [5.74, 6) is 2.28. The van der Waals surface area contributed by atoms with E-state index in [4.69, 9.17) is 10.3 Å². The molecular weight excluding hydrogens is 859 g/mol. The van der Waals surface area contributed by atoms with Crippen LogP contribution in [0.4, 0.5) is 5.69 Å². The maximum atomic E-state index is 5.84. The van der Waals surface area contributed by atoms with E-state index < -0.39 is 0 Å². The molecule has 2 heterocycles. The van der Waals surface area contributed by atoms with E-state index in [0.717, 1.165) is 22.8 Å². The Morgan fingerprint density at radius 2 is 1.16 bits per heavy atom. The molecule has 5 rings (SSSR count). The molecule has 0 saturated carbocycles. The minimum Gasteiger partial charge on any atom is -0.671 e. The topological polar surface area (TPSA) is 74.2 Å². The monoisotopic (exact) mass is 928 g/mol. The Balaban J connectivity index is 0.00000138. The van der Waals surface area contributed by atoms with Gasteiger partial charge in [-0.05, 0) is 71.9 Å². The second-order valence-corrected chi connectivity index (χ2v) is 16.5. The maximum absolute atomic E-state index is 5.84. The van der Waals surface area contributed by atoms with E-state index in [9.17, 15) is 0 Å². The first-order valence-corrected chi connectivity index (χ1v) is 20.0. The number of para-hydroxylation sites is 1. The zero-order valence-electron chi connectivity index (χ0n) is 37.0. The van der Waals surface area contributed by atoms with Crippen LogP contribution in [-0.4, -0.2) is 51.8 Å². The van der Waals surface area contributed by atoms with Crippen LogP contribution in [0.3, 0.4) is 0 Å². The fraction of sp³-hybridized carbons (Fsp3) is 0.468. The van der Waals surface area contributed by atoms with Crippen LogP contribution in [0.1, 0.15) is 136 Å². The quantitative estimate of drug-likeness (QED) is 0.129. The number of imidazole rings is 1. The molecule has 5 aromatic rings. The third-order valence-electron chi connectivity index (χ3n) is 9.04.